The van der Waals surface area contributed by atoms with Crippen LogP contribution in [-0.2, 0) is 11.3 Å². The van der Waals surface area contributed by atoms with E-state index in [1.165, 1.54) is 19.2 Å². The van der Waals surface area contributed by atoms with Crippen LogP contribution in [0.25, 0.3) is 0 Å². The summed E-state index contributed by atoms with van der Waals surface area (Å²) in [5.41, 5.74) is 1.18. The number of ether oxygens (including phenoxy) is 1. The normalized spacial score (nSPS) is 21.4. The van der Waals surface area contributed by atoms with Gasteiger partial charge in [-0.05, 0) is 54.7 Å². The van der Waals surface area contributed by atoms with Crippen LogP contribution in [0.4, 0.5) is 4.39 Å². The maximum absolute atomic E-state index is 13.6. The Morgan fingerprint density at radius 3 is 2.83 bits per heavy atom. The van der Waals surface area contributed by atoms with Gasteiger partial charge in [-0.15, -0.1) is 0 Å². The summed E-state index contributed by atoms with van der Waals surface area (Å²) in [5.74, 6) is 0.257. The zero-order chi connectivity index (χ0) is 21.3. The first-order valence-electron chi connectivity index (χ1n) is 10.1. The lowest BCUT2D eigenvalue weighted by molar-refractivity contribution is -0.133. The number of amides is 2. The Morgan fingerprint density at radius 1 is 1.23 bits per heavy atom. The van der Waals surface area contributed by atoms with Gasteiger partial charge in [-0.1, -0.05) is 23.7 Å². The fraction of sp³-hybridized carbons (Fsp3) is 0.391. The lowest BCUT2D eigenvalue weighted by Crippen LogP contribution is -2.43. The molecule has 0 aliphatic carbocycles. The molecule has 158 valence electrons. The van der Waals surface area contributed by atoms with Crippen molar-refractivity contribution in [1.82, 2.24) is 9.80 Å². The zero-order valence-corrected chi connectivity index (χ0v) is 17.6. The Bertz CT molecular complexity index is 967. The van der Waals surface area contributed by atoms with Gasteiger partial charge in [-0.3, -0.25) is 9.59 Å². The summed E-state index contributed by atoms with van der Waals surface area (Å²) in [6.07, 6.45) is 2.16. The Hall–Kier alpha value is -2.60. The molecule has 0 saturated carbocycles. The van der Waals surface area contributed by atoms with Gasteiger partial charge in [-0.25, -0.2) is 4.39 Å². The van der Waals surface area contributed by atoms with E-state index in [9.17, 15) is 14.0 Å². The molecule has 5 nitrogen and oxygen atoms in total. The molecular formula is C23H24ClFN2O3. The molecule has 0 bridgehead atoms. The quantitative estimate of drug-likeness (QED) is 0.732. The molecule has 2 saturated heterocycles. The first-order valence-corrected chi connectivity index (χ1v) is 10.5. The van der Waals surface area contributed by atoms with E-state index in [0.717, 1.165) is 18.4 Å². The van der Waals surface area contributed by atoms with Gasteiger partial charge in [0, 0.05) is 31.1 Å². The number of carbonyl (C=O) groups is 2. The molecule has 2 aromatic carbocycles. The first-order chi connectivity index (χ1) is 14.5. The van der Waals surface area contributed by atoms with Crippen LogP contribution in [0.5, 0.6) is 5.75 Å². The number of hydrogen-bond acceptors (Lipinski definition) is 3. The van der Waals surface area contributed by atoms with Gasteiger partial charge in [0.2, 0.25) is 5.91 Å². The number of nitrogens with zero attached hydrogens (tertiary/aromatic N) is 2. The minimum absolute atomic E-state index is 0.0568. The highest BCUT2D eigenvalue weighted by Gasteiger charge is 2.42. The van der Waals surface area contributed by atoms with Crippen LogP contribution < -0.4 is 4.74 Å². The average Bonchev–Trinajstić information content (AvgIpc) is 3.09. The van der Waals surface area contributed by atoms with Crippen molar-refractivity contribution in [2.24, 2.45) is 5.92 Å². The van der Waals surface area contributed by atoms with Crippen LogP contribution in [0.2, 0.25) is 5.02 Å². The first kappa shape index (κ1) is 20.7. The molecule has 2 atom stereocenters. The smallest absolute Gasteiger partial charge is 0.257 e. The number of benzene rings is 2. The lowest BCUT2D eigenvalue weighted by Gasteiger charge is -2.30. The van der Waals surface area contributed by atoms with E-state index in [4.69, 9.17) is 16.3 Å². The van der Waals surface area contributed by atoms with E-state index in [-0.39, 0.29) is 29.6 Å². The second-order valence-electron chi connectivity index (χ2n) is 7.93. The largest absolute Gasteiger partial charge is 0.496 e. The minimum atomic E-state index is -0.317. The van der Waals surface area contributed by atoms with Crippen LogP contribution >= 0.6 is 11.6 Å². The molecule has 2 fully saturated rings. The molecule has 0 N–H and O–H groups in total. The van der Waals surface area contributed by atoms with E-state index in [0.29, 0.717) is 42.4 Å². The van der Waals surface area contributed by atoms with Crippen molar-refractivity contribution in [3.63, 3.8) is 0 Å². The molecule has 0 spiro atoms. The summed E-state index contributed by atoms with van der Waals surface area (Å²) in [6.45, 7) is 1.37. The summed E-state index contributed by atoms with van der Waals surface area (Å²) >= 11 is 6.10. The fourth-order valence-corrected chi connectivity index (χ4v) is 4.73. The van der Waals surface area contributed by atoms with Crippen LogP contribution in [0.1, 0.15) is 35.2 Å². The minimum Gasteiger partial charge on any atom is -0.496 e. The summed E-state index contributed by atoms with van der Waals surface area (Å²) < 4.78 is 19.0. The molecule has 2 amide bonds. The van der Waals surface area contributed by atoms with E-state index < -0.39 is 0 Å². The molecule has 0 aromatic heterocycles. The third-order valence-corrected chi connectivity index (χ3v) is 6.25. The van der Waals surface area contributed by atoms with Gasteiger partial charge >= 0.3 is 0 Å². The topological polar surface area (TPSA) is 49.9 Å². The third-order valence-electron chi connectivity index (χ3n) is 6.01. The van der Waals surface area contributed by atoms with Gasteiger partial charge < -0.3 is 14.5 Å². The standard InChI is InChI=1S/C23H24ClFN2O3/c1-30-21-9-8-17(24)11-19(21)23(29)26-13-16-5-3-7-22(28)27(20(16)14-26)12-15-4-2-6-18(25)10-15/h2,4,6,8-11,16,20H,3,5,7,12-14H2,1H3. The molecule has 2 heterocycles. The van der Waals surface area contributed by atoms with Gasteiger partial charge in [-0.2, -0.15) is 0 Å². The molecule has 30 heavy (non-hydrogen) atoms. The highest BCUT2D eigenvalue weighted by molar-refractivity contribution is 6.31. The van der Waals surface area contributed by atoms with Crippen molar-refractivity contribution in [2.75, 3.05) is 20.2 Å². The third kappa shape index (κ3) is 4.15. The van der Waals surface area contributed by atoms with Gasteiger partial charge in [0.25, 0.3) is 5.91 Å². The Morgan fingerprint density at radius 2 is 2.07 bits per heavy atom. The summed E-state index contributed by atoms with van der Waals surface area (Å²) in [7, 11) is 1.52. The molecule has 2 aliphatic rings. The number of hydrogen-bond donors (Lipinski definition) is 0. The van der Waals surface area contributed by atoms with Crippen molar-refractivity contribution in [3.8, 4) is 5.75 Å². The summed E-state index contributed by atoms with van der Waals surface area (Å²) in [4.78, 5) is 29.7. The Kier molecular flexibility index (Phi) is 5.95. The van der Waals surface area contributed by atoms with E-state index in [1.54, 1.807) is 29.2 Å². The van der Waals surface area contributed by atoms with E-state index in [1.807, 2.05) is 11.0 Å². The van der Waals surface area contributed by atoms with E-state index in [2.05, 4.69) is 0 Å². The lowest BCUT2D eigenvalue weighted by atomic mass is 9.98. The monoisotopic (exact) mass is 430 g/mol. The predicted molar refractivity (Wildman–Crippen MR) is 112 cm³/mol. The van der Waals surface area contributed by atoms with E-state index >= 15 is 0 Å². The SMILES string of the molecule is COc1ccc(Cl)cc1C(=O)N1CC2CCCC(=O)N(Cc3cccc(F)c3)C2C1. The van der Waals surface area contributed by atoms with Crippen molar-refractivity contribution >= 4 is 23.4 Å². The summed E-state index contributed by atoms with van der Waals surface area (Å²) in [6, 6.07) is 11.2. The number of halogens is 2. The number of rotatable bonds is 4. The highest BCUT2D eigenvalue weighted by Crippen LogP contribution is 2.34. The van der Waals surface area contributed by atoms with Crippen LogP contribution in [0.15, 0.2) is 42.5 Å². The van der Waals surface area contributed by atoms with Crippen molar-refractivity contribution < 1.29 is 18.7 Å². The second kappa shape index (κ2) is 8.64. The molecule has 0 radical (unpaired) electrons. The van der Waals surface area contributed by atoms with Crippen LogP contribution in [0.3, 0.4) is 0 Å². The number of carbonyl (C=O) groups excluding carboxylic acids is 2. The molecule has 2 unspecified atom stereocenters. The van der Waals surface area contributed by atoms with Gasteiger partial charge in [0.05, 0.1) is 18.7 Å². The van der Waals surface area contributed by atoms with Gasteiger partial charge in [0.1, 0.15) is 11.6 Å². The van der Waals surface area contributed by atoms with Crippen LogP contribution in [0, 0.1) is 11.7 Å². The average molecular weight is 431 g/mol. The molecule has 2 aliphatic heterocycles. The highest BCUT2D eigenvalue weighted by atomic mass is 35.5. The Balaban J connectivity index is 1.58. The predicted octanol–water partition coefficient (Wildman–Crippen LogP) is 4.14. The molecule has 2 aromatic rings. The molecule has 4 rings (SSSR count). The number of likely N-dealkylation sites (tertiary alicyclic amines) is 2. The molecule has 7 heteroatoms. The van der Waals surface area contributed by atoms with Crippen molar-refractivity contribution in [1.29, 1.82) is 0 Å². The Labute approximate surface area is 180 Å². The maximum atomic E-state index is 13.6. The number of methoxy groups -OCH3 is 1. The molecular weight excluding hydrogens is 407 g/mol. The maximum Gasteiger partial charge on any atom is 0.257 e. The van der Waals surface area contributed by atoms with Crippen LogP contribution in [-0.4, -0.2) is 47.9 Å². The van der Waals surface area contributed by atoms with Crippen molar-refractivity contribution in [2.45, 2.75) is 31.8 Å². The second-order valence-corrected chi connectivity index (χ2v) is 8.36. The summed E-state index contributed by atoms with van der Waals surface area (Å²) in [5, 5.41) is 0.468. The van der Waals surface area contributed by atoms with Crippen molar-refractivity contribution in [3.05, 3.63) is 64.4 Å². The zero-order valence-electron chi connectivity index (χ0n) is 16.8. The number of fused-ring (bicyclic) bond motifs is 1. The van der Waals surface area contributed by atoms with Gasteiger partial charge in [0.15, 0.2) is 0 Å². The fourth-order valence-electron chi connectivity index (χ4n) is 4.56.